The minimum Gasteiger partial charge on any atom is -0.466 e. The van der Waals surface area contributed by atoms with E-state index in [-0.39, 0.29) is 11.3 Å². The van der Waals surface area contributed by atoms with Crippen LogP contribution in [0, 0.1) is 19.3 Å². The quantitative estimate of drug-likeness (QED) is 0.862. The van der Waals surface area contributed by atoms with Crippen LogP contribution in [0.2, 0.25) is 0 Å². The molecule has 0 saturated carbocycles. The lowest BCUT2D eigenvalue weighted by atomic mass is 9.92. The first-order valence-electron chi connectivity index (χ1n) is 6.71. The number of rotatable bonds is 5. The molecule has 0 radical (unpaired) electrons. The standard InChI is InChI=1S/C15H25NO3/c1-10-8-12(11(2)19-10)13(17)6-7-16-14(18)9-15(3,4)5/h8,13,17H,6-7,9H2,1-5H3,(H,16,18). The van der Waals surface area contributed by atoms with Crippen LogP contribution in [0.15, 0.2) is 10.5 Å². The molecule has 0 spiro atoms. The van der Waals surface area contributed by atoms with Gasteiger partial charge in [0.05, 0.1) is 6.10 Å². The van der Waals surface area contributed by atoms with E-state index in [0.717, 1.165) is 17.1 Å². The summed E-state index contributed by atoms with van der Waals surface area (Å²) in [5.74, 6) is 1.56. The van der Waals surface area contributed by atoms with Gasteiger partial charge in [0.2, 0.25) is 5.91 Å². The predicted octanol–water partition coefficient (Wildman–Crippen LogP) is 2.87. The Morgan fingerprint density at radius 3 is 2.53 bits per heavy atom. The molecular formula is C15H25NO3. The molecule has 0 aliphatic heterocycles. The summed E-state index contributed by atoms with van der Waals surface area (Å²) < 4.78 is 5.38. The molecule has 4 nitrogen and oxygen atoms in total. The van der Waals surface area contributed by atoms with Gasteiger partial charge in [0.25, 0.3) is 0 Å². The second kappa shape index (κ2) is 6.24. The number of carbonyl (C=O) groups is 1. The molecule has 0 aliphatic rings. The van der Waals surface area contributed by atoms with Crippen molar-refractivity contribution in [2.24, 2.45) is 5.41 Å². The number of aliphatic hydroxyl groups excluding tert-OH is 1. The van der Waals surface area contributed by atoms with Crippen molar-refractivity contribution in [2.75, 3.05) is 6.54 Å². The summed E-state index contributed by atoms with van der Waals surface area (Å²) >= 11 is 0. The fourth-order valence-electron chi connectivity index (χ4n) is 2.03. The minimum absolute atomic E-state index is 0.0129. The Kier molecular flexibility index (Phi) is 5.18. The molecular weight excluding hydrogens is 242 g/mol. The lowest BCUT2D eigenvalue weighted by Gasteiger charge is -2.17. The Bertz CT molecular complexity index is 429. The number of hydrogen-bond donors (Lipinski definition) is 2. The van der Waals surface area contributed by atoms with Gasteiger partial charge in [-0.05, 0) is 31.7 Å². The fourth-order valence-corrected chi connectivity index (χ4v) is 2.03. The van der Waals surface area contributed by atoms with E-state index in [1.54, 1.807) is 0 Å². The van der Waals surface area contributed by atoms with Gasteiger partial charge < -0.3 is 14.8 Å². The van der Waals surface area contributed by atoms with E-state index < -0.39 is 6.10 Å². The Hall–Kier alpha value is -1.29. The van der Waals surface area contributed by atoms with Crippen molar-refractivity contribution < 1.29 is 14.3 Å². The lowest BCUT2D eigenvalue weighted by molar-refractivity contribution is -0.122. The predicted molar refractivity (Wildman–Crippen MR) is 74.8 cm³/mol. The smallest absolute Gasteiger partial charge is 0.220 e. The van der Waals surface area contributed by atoms with Gasteiger partial charge >= 0.3 is 0 Å². The zero-order chi connectivity index (χ0) is 14.6. The Morgan fingerprint density at radius 2 is 2.05 bits per heavy atom. The summed E-state index contributed by atoms with van der Waals surface area (Å²) in [6.45, 7) is 10.2. The van der Waals surface area contributed by atoms with Gasteiger partial charge in [-0.15, -0.1) is 0 Å². The van der Waals surface area contributed by atoms with Crippen LogP contribution in [0.1, 0.15) is 56.8 Å². The molecule has 0 fully saturated rings. The second-order valence-corrected chi connectivity index (χ2v) is 6.26. The molecule has 2 N–H and O–H groups in total. The van der Waals surface area contributed by atoms with Gasteiger partial charge in [-0.1, -0.05) is 20.8 Å². The first-order valence-corrected chi connectivity index (χ1v) is 6.71. The summed E-state index contributed by atoms with van der Waals surface area (Å²) in [6.07, 6.45) is 0.398. The molecule has 0 bridgehead atoms. The van der Waals surface area contributed by atoms with Crippen molar-refractivity contribution in [2.45, 2.75) is 53.6 Å². The molecule has 1 unspecified atom stereocenters. The number of aliphatic hydroxyl groups is 1. The molecule has 4 heteroatoms. The van der Waals surface area contributed by atoms with Crippen LogP contribution in [-0.4, -0.2) is 17.6 Å². The van der Waals surface area contributed by atoms with Crippen molar-refractivity contribution in [3.63, 3.8) is 0 Å². The largest absolute Gasteiger partial charge is 0.466 e. The highest BCUT2D eigenvalue weighted by molar-refractivity contribution is 5.76. The van der Waals surface area contributed by atoms with Gasteiger partial charge in [0.1, 0.15) is 11.5 Å². The zero-order valence-electron chi connectivity index (χ0n) is 12.5. The van der Waals surface area contributed by atoms with E-state index in [4.69, 9.17) is 4.42 Å². The van der Waals surface area contributed by atoms with Crippen LogP contribution < -0.4 is 5.32 Å². The van der Waals surface area contributed by atoms with Crippen LogP contribution in [0.4, 0.5) is 0 Å². The first-order chi connectivity index (χ1) is 8.69. The van der Waals surface area contributed by atoms with E-state index >= 15 is 0 Å². The monoisotopic (exact) mass is 267 g/mol. The molecule has 1 amide bonds. The number of furan rings is 1. The van der Waals surface area contributed by atoms with Crippen LogP contribution >= 0.6 is 0 Å². The van der Waals surface area contributed by atoms with E-state index in [0.29, 0.717) is 19.4 Å². The van der Waals surface area contributed by atoms with Crippen LogP contribution in [0.25, 0.3) is 0 Å². The molecule has 1 heterocycles. The van der Waals surface area contributed by atoms with E-state index in [2.05, 4.69) is 5.32 Å². The van der Waals surface area contributed by atoms with Crippen molar-refractivity contribution in [3.05, 3.63) is 23.2 Å². The summed E-state index contributed by atoms with van der Waals surface area (Å²) in [5, 5.41) is 12.9. The highest BCUT2D eigenvalue weighted by Crippen LogP contribution is 2.23. The van der Waals surface area contributed by atoms with E-state index in [1.807, 2.05) is 40.7 Å². The first kappa shape index (κ1) is 15.8. The third kappa shape index (κ3) is 5.47. The van der Waals surface area contributed by atoms with Crippen molar-refractivity contribution >= 4 is 5.91 Å². The SMILES string of the molecule is Cc1cc(C(O)CCNC(=O)CC(C)(C)C)c(C)o1. The lowest BCUT2D eigenvalue weighted by Crippen LogP contribution is -2.29. The highest BCUT2D eigenvalue weighted by Gasteiger charge is 2.17. The molecule has 19 heavy (non-hydrogen) atoms. The normalized spacial score (nSPS) is 13.4. The zero-order valence-corrected chi connectivity index (χ0v) is 12.5. The maximum absolute atomic E-state index is 11.6. The Morgan fingerprint density at radius 1 is 1.42 bits per heavy atom. The van der Waals surface area contributed by atoms with Gasteiger partial charge in [-0.2, -0.15) is 0 Å². The summed E-state index contributed by atoms with van der Waals surface area (Å²) in [5.41, 5.74) is 0.795. The van der Waals surface area contributed by atoms with Gasteiger partial charge in [0, 0.05) is 18.5 Å². The van der Waals surface area contributed by atoms with Crippen LogP contribution in [0.3, 0.4) is 0 Å². The average molecular weight is 267 g/mol. The maximum Gasteiger partial charge on any atom is 0.220 e. The van der Waals surface area contributed by atoms with Crippen LogP contribution in [0.5, 0.6) is 0 Å². The van der Waals surface area contributed by atoms with Crippen molar-refractivity contribution in [3.8, 4) is 0 Å². The number of carbonyl (C=O) groups excluding carboxylic acids is 1. The maximum atomic E-state index is 11.6. The molecule has 1 atom stereocenters. The van der Waals surface area contributed by atoms with E-state index in [9.17, 15) is 9.90 Å². The van der Waals surface area contributed by atoms with E-state index in [1.165, 1.54) is 0 Å². The Balaban J connectivity index is 2.37. The molecule has 0 saturated heterocycles. The number of amides is 1. The molecule has 1 aromatic heterocycles. The molecule has 0 aromatic carbocycles. The number of nitrogens with one attached hydrogen (secondary N) is 1. The summed E-state index contributed by atoms with van der Waals surface area (Å²) in [6, 6.07) is 1.84. The van der Waals surface area contributed by atoms with Gasteiger partial charge in [0.15, 0.2) is 0 Å². The molecule has 108 valence electrons. The third-order valence-electron chi connectivity index (χ3n) is 2.87. The second-order valence-electron chi connectivity index (χ2n) is 6.26. The highest BCUT2D eigenvalue weighted by atomic mass is 16.3. The molecule has 0 aliphatic carbocycles. The van der Waals surface area contributed by atoms with Crippen molar-refractivity contribution in [1.29, 1.82) is 0 Å². The number of hydrogen-bond acceptors (Lipinski definition) is 3. The molecule has 1 aromatic rings. The minimum atomic E-state index is -0.590. The average Bonchev–Trinajstić information content (AvgIpc) is 2.55. The third-order valence-corrected chi connectivity index (χ3v) is 2.87. The topological polar surface area (TPSA) is 62.5 Å². The summed E-state index contributed by atoms with van der Waals surface area (Å²) in [4.78, 5) is 11.6. The van der Waals surface area contributed by atoms with Gasteiger partial charge in [-0.3, -0.25) is 4.79 Å². The summed E-state index contributed by atoms with van der Waals surface area (Å²) in [7, 11) is 0. The molecule has 1 rings (SSSR count). The van der Waals surface area contributed by atoms with Crippen LogP contribution in [-0.2, 0) is 4.79 Å². The fraction of sp³-hybridized carbons (Fsp3) is 0.667. The Labute approximate surface area is 115 Å². The number of aryl methyl sites for hydroxylation is 2. The van der Waals surface area contributed by atoms with Crippen molar-refractivity contribution in [1.82, 2.24) is 5.32 Å². The van der Waals surface area contributed by atoms with Gasteiger partial charge in [-0.25, -0.2) is 0 Å².